The van der Waals surface area contributed by atoms with Gasteiger partial charge in [-0.05, 0) is 0 Å². The van der Waals surface area contributed by atoms with Gasteiger partial charge in [0.2, 0.25) is 0 Å². The molecule has 1 aliphatic heterocycles. The third kappa shape index (κ3) is 2.19. The van der Waals surface area contributed by atoms with Gasteiger partial charge in [-0.25, -0.2) is 8.42 Å². The summed E-state index contributed by atoms with van der Waals surface area (Å²) in [6, 6.07) is -0.119. The molecule has 0 unspecified atom stereocenters. The molecule has 1 aromatic heterocycles. The summed E-state index contributed by atoms with van der Waals surface area (Å²) in [5.41, 5.74) is 0.581. The molecule has 0 aromatic carbocycles. The number of nitrogens with one attached hydrogen (secondary N) is 2. The Morgan fingerprint density at radius 3 is 3.00 bits per heavy atom. The highest BCUT2D eigenvalue weighted by molar-refractivity contribution is 7.90. The average Bonchev–Trinajstić information content (AvgIpc) is 2.67. The van der Waals surface area contributed by atoms with Crippen molar-refractivity contribution in [1.82, 2.24) is 15.5 Å². The van der Waals surface area contributed by atoms with Gasteiger partial charge in [0.15, 0.2) is 9.84 Å². The minimum Gasteiger partial charge on any atom is -0.378 e. The molecule has 0 aliphatic carbocycles. The lowest BCUT2D eigenvalue weighted by Gasteiger charge is -2.23. The number of aromatic amines is 1. The summed E-state index contributed by atoms with van der Waals surface area (Å²) in [5, 5.41) is 9.65. The van der Waals surface area contributed by atoms with Crippen LogP contribution in [0.2, 0.25) is 0 Å². The van der Waals surface area contributed by atoms with Crippen molar-refractivity contribution in [2.75, 3.05) is 26.0 Å². The summed E-state index contributed by atoms with van der Waals surface area (Å²) in [4.78, 5) is 0.241. The molecule has 6 nitrogen and oxygen atoms in total. The van der Waals surface area contributed by atoms with Crippen LogP contribution in [0.4, 0.5) is 0 Å². The maximum Gasteiger partial charge on any atom is 0.178 e. The monoisotopic (exact) mass is 231 g/mol. The molecule has 1 aromatic rings. The Bertz CT molecular complexity index is 434. The first kappa shape index (κ1) is 10.6. The summed E-state index contributed by atoms with van der Waals surface area (Å²) in [6.45, 7) is 1.83. The molecular formula is C8H13N3O3S. The smallest absolute Gasteiger partial charge is 0.178 e. The van der Waals surface area contributed by atoms with E-state index in [1.807, 2.05) is 0 Å². The van der Waals surface area contributed by atoms with Crippen molar-refractivity contribution >= 4 is 9.84 Å². The van der Waals surface area contributed by atoms with Crippen LogP contribution in [0.5, 0.6) is 0 Å². The molecule has 0 saturated carbocycles. The Kier molecular flexibility index (Phi) is 2.76. The highest BCUT2D eigenvalue weighted by Crippen LogP contribution is 2.21. The van der Waals surface area contributed by atoms with Gasteiger partial charge in [-0.15, -0.1) is 0 Å². The first-order valence-corrected chi connectivity index (χ1v) is 6.52. The number of morpholine rings is 1. The van der Waals surface area contributed by atoms with E-state index in [0.29, 0.717) is 25.5 Å². The second-order valence-corrected chi connectivity index (χ2v) is 5.49. The van der Waals surface area contributed by atoms with Crippen LogP contribution < -0.4 is 5.32 Å². The molecule has 2 rings (SSSR count). The molecule has 0 bridgehead atoms. The van der Waals surface area contributed by atoms with Gasteiger partial charge in [0.25, 0.3) is 0 Å². The van der Waals surface area contributed by atoms with Gasteiger partial charge in [0.1, 0.15) is 4.90 Å². The van der Waals surface area contributed by atoms with Crippen LogP contribution in [-0.2, 0) is 14.6 Å². The van der Waals surface area contributed by atoms with Crippen LogP contribution in [0.1, 0.15) is 11.7 Å². The van der Waals surface area contributed by atoms with Gasteiger partial charge < -0.3 is 10.1 Å². The van der Waals surface area contributed by atoms with Crippen LogP contribution in [-0.4, -0.2) is 44.6 Å². The quantitative estimate of drug-likeness (QED) is 0.715. The zero-order valence-corrected chi connectivity index (χ0v) is 9.17. The van der Waals surface area contributed by atoms with E-state index in [-0.39, 0.29) is 10.9 Å². The maximum atomic E-state index is 11.4. The van der Waals surface area contributed by atoms with Crippen LogP contribution in [0.25, 0.3) is 0 Å². The van der Waals surface area contributed by atoms with E-state index < -0.39 is 9.84 Å². The Morgan fingerprint density at radius 2 is 2.40 bits per heavy atom. The van der Waals surface area contributed by atoms with E-state index in [1.54, 1.807) is 0 Å². The summed E-state index contributed by atoms with van der Waals surface area (Å²) in [6.07, 6.45) is 2.51. The number of hydrogen-bond donors (Lipinski definition) is 2. The SMILES string of the molecule is CS(=O)(=O)c1cn[nH]c1[C@@H]1COCCN1. The second kappa shape index (κ2) is 3.92. The number of nitrogens with zero attached hydrogens (tertiary/aromatic N) is 1. The largest absolute Gasteiger partial charge is 0.378 e. The van der Waals surface area contributed by atoms with Gasteiger partial charge >= 0.3 is 0 Å². The molecule has 0 amide bonds. The first-order chi connectivity index (χ1) is 7.09. The van der Waals surface area contributed by atoms with E-state index in [1.165, 1.54) is 12.5 Å². The van der Waals surface area contributed by atoms with Crippen LogP contribution in [0.15, 0.2) is 11.1 Å². The van der Waals surface area contributed by atoms with E-state index in [9.17, 15) is 8.42 Å². The summed E-state index contributed by atoms with van der Waals surface area (Å²) < 4.78 is 28.1. The number of ether oxygens (including phenoxy) is 1. The number of rotatable bonds is 2. The zero-order chi connectivity index (χ0) is 10.9. The molecule has 15 heavy (non-hydrogen) atoms. The van der Waals surface area contributed by atoms with Gasteiger partial charge in [-0.1, -0.05) is 0 Å². The predicted octanol–water partition coefficient (Wildman–Crippen LogP) is -0.526. The van der Waals surface area contributed by atoms with Gasteiger partial charge in [-0.2, -0.15) is 5.10 Å². The van der Waals surface area contributed by atoms with Gasteiger partial charge in [-0.3, -0.25) is 5.10 Å². The molecule has 7 heteroatoms. The van der Waals surface area contributed by atoms with Crippen molar-refractivity contribution in [3.8, 4) is 0 Å². The average molecular weight is 231 g/mol. The fourth-order valence-electron chi connectivity index (χ4n) is 1.58. The van der Waals surface area contributed by atoms with Crippen molar-refractivity contribution in [2.45, 2.75) is 10.9 Å². The van der Waals surface area contributed by atoms with Crippen LogP contribution in [0, 0.1) is 0 Å². The molecule has 1 atom stereocenters. The predicted molar refractivity (Wildman–Crippen MR) is 53.3 cm³/mol. The van der Waals surface area contributed by atoms with E-state index in [2.05, 4.69) is 15.5 Å². The van der Waals surface area contributed by atoms with Crippen molar-refractivity contribution in [1.29, 1.82) is 0 Å². The van der Waals surface area contributed by atoms with Crippen molar-refractivity contribution in [3.63, 3.8) is 0 Å². The Labute approximate surface area is 87.9 Å². The number of hydrogen-bond acceptors (Lipinski definition) is 5. The fraction of sp³-hybridized carbons (Fsp3) is 0.625. The molecule has 1 saturated heterocycles. The lowest BCUT2D eigenvalue weighted by atomic mass is 10.2. The third-order valence-corrected chi connectivity index (χ3v) is 3.43. The molecule has 84 valence electrons. The van der Waals surface area contributed by atoms with Gasteiger partial charge in [0.05, 0.1) is 31.1 Å². The molecule has 2 N–H and O–H groups in total. The Hall–Kier alpha value is -0.920. The topological polar surface area (TPSA) is 84.1 Å². The number of sulfone groups is 1. The van der Waals surface area contributed by atoms with Crippen molar-refractivity contribution in [2.24, 2.45) is 0 Å². The Morgan fingerprint density at radius 1 is 1.60 bits per heavy atom. The van der Waals surface area contributed by atoms with Crippen molar-refractivity contribution < 1.29 is 13.2 Å². The van der Waals surface area contributed by atoms with Gasteiger partial charge in [0, 0.05) is 12.8 Å². The lowest BCUT2D eigenvalue weighted by molar-refractivity contribution is 0.0748. The van der Waals surface area contributed by atoms with E-state index in [0.717, 1.165) is 0 Å². The molecule has 1 aliphatic rings. The third-order valence-electron chi connectivity index (χ3n) is 2.30. The normalized spacial score (nSPS) is 22.9. The minimum atomic E-state index is -3.23. The minimum absolute atomic E-state index is 0.119. The Balaban J connectivity index is 2.32. The summed E-state index contributed by atoms with van der Waals surface area (Å²) >= 11 is 0. The molecule has 1 fully saturated rings. The number of H-pyrrole nitrogens is 1. The highest BCUT2D eigenvalue weighted by atomic mass is 32.2. The van der Waals surface area contributed by atoms with Crippen molar-refractivity contribution in [3.05, 3.63) is 11.9 Å². The highest BCUT2D eigenvalue weighted by Gasteiger charge is 2.24. The standard InChI is InChI=1S/C8H13N3O3S/c1-15(12,13)7-4-10-11-8(7)6-5-14-3-2-9-6/h4,6,9H,2-3,5H2,1H3,(H,10,11)/t6-/m0/s1. The fourth-order valence-corrected chi connectivity index (χ4v) is 2.41. The summed E-state index contributed by atoms with van der Waals surface area (Å²) in [7, 11) is -3.23. The lowest BCUT2D eigenvalue weighted by Crippen LogP contribution is -2.35. The van der Waals surface area contributed by atoms with Crippen LogP contribution in [0.3, 0.4) is 0 Å². The zero-order valence-electron chi connectivity index (χ0n) is 8.36. The first-order valence-electron chi connectivity index (χ1n) is 4.63. The molecule has 2 heterocycles. The molecule has 0 spiro atoms. The van der Waals surface area contributed by atoms with E-state index >= 15 is 0 Å². The summed E-state index contributed by atoms with van der Waals surface area (Å²) in [5.74, 6) is 0. The molecular weight excluding hydrogens is 218 g/mol. The number of aromatic nitrogens is 2. The second-order valence-electron chi connectivity index (χ2n) is 3.50. The van der Waals surface area contributed by atoms with E-state index in [4.69, 9.17) is 4.74 Å². The maximum absolute atomic E-state index is 11.4. The molecule has 0 radical (unpaired) electrons. The van der Waals surface area contributed by atoms with Crippen LogP contribution >= 0.6 is 0 Å².